The molecule has 2 saturated heterocycles. The summed E-state index contributed by atoms with van der Waals surface area (Å²) in [4.78, 5) is 24.8. The van der Waals surface area contributed by atoms with Crippen molar-refractivity contribution >= 4 is 5.91 Å². The lowest BCUT2D eigenvalue weighted by Crippen LogP contribution is -2.49. The van der Waals surface area contributed by atoms with E-state index < -0.39 is 0 Å². The number of nitrogens with zero attached hydrogens (tertiary/aromatic N) is 3. The van der Waals surface area contributed by atoms with E-state index in [1.54, 1.807) is 18.5 Å². The molecule has 1 amide bonds. The third-order valence-electron chi connectivity index (χ3n) is 6.89. The van der Waals surface area contributed by atoms with Crippen molar-refractivity contribution in [2.45, 2.75) is 51.6 Å². The molecule has 5 rings (SSSR count). The van der Waals surface area contributed by atoms with Crippen LogP contribution in [0.1, 0.15) is 47.2 Å². The fourth-order valence-corrected chi connectivity index (χ4v) is 5.21. The maximum atomic E-state index is 13.9. The van der Waals surface area contributed by atoms with E-state index in [1.807, 2.05) is 37.3 Å². The highest BCUT2D eigenvalue weighted by Crippen LogP contribution is 2.41. The predicted molar refractivity (Wildman–Crippen MR) is 125 cm³/mol. The molecule has 5 nitrogen and oxygen atoms in total. The Hall–Kier alpha value is -3.21. The molecule has 2 fully saturated rings. The van der Waals surface area contributed by atoms with E-state index in [0.717, 1.165) is 42.6 Å². The Labute approximate surface area is 189 Å². The lowest BCUT2D eigenvalue weighted by Gasteiger charge is -2.40. The molecule has 164 valence electrons. The Morgan fingerprint density at radius 2 is 1.69 bits per heavy atom. The van der Waals surface area contributed by atoms with Gasteiger partial charge in [0.05, 0.1) is 12.2 Å². The van der Waals surface area contributed by atoms with Crippen LogP contribution in [0.5, 0.6) is 5.75 Å². The minimum Gasteiger partial charge on any atom is -0.493 e. The molecule has 2 bridgehead atoms. The quantitative estimate of drug-likeness (QED) is 0.560. The molecule has 32 heavy (non-hydrogen) atoms. The Morgan fingerprint density at radius 3 is 2.47 bits per heavy atom. The minimum atomic E-state index is 0.101. The minimum absolute atomic E-state index is 0.101. The second-order valence-electron chi connectivity index (χ2n) is 9.09. The summed E-state index contributed by atoms with van der Waals surface area (Å²) in [6.45, 7) is 4.75. The number of amides is 1. The first-order valence-corrected chi connectivity index (χ1v) is 11.5. The normalized spacial score (nSPS) is 22.1. The Morgan fingerprint density at radius 1 is 0.969 bits per heavy atom. The first kappa shape index (κ1) is 20.7. The van der Waals surface area contributed by atoms with Crippen molar-refractivity contribution in [2.75, 3.05) is 6.61 Å². The summed E-state index contributed by atoms with van der Waals surface area (Å²) >= 11 is 0. The van der Waals surface area contributed by atoms with Crippen molar-refractivity contribution in [2.24, 2.45) is 5.92 Å². The molecule has 0 aliphatic carbocycles. The van der Waals surface area contributed by atoms with E-state index in [9.17, 15) is 4.79 Å². The molecule has 2 unspecified atom stereocenters. The maximum Gasteiger partial charge on any atom is 0.255 e. The van der Waals surface area contributed by atoms with Gasteiger partial charge < -0.3 is 9.64 Å². The summed E-state index contributed by atoms with van der Waals surface area (Å²) in [6, 6.07) is 16.5. The van der Waals surface area contributed by atoms with Crippen LogP contribution in [-0.4, -0.2) is 39.5 Å². The first-order valence-electron chi connectivity index (χ1n) is 11.5. The zero-order valence-corrected chi connectivity index (χ0v) is 18.7. The third kappa shape index (κ3) is 3.99. The van der Waals surface area contributed by atoms with Gasteiger partial charge in [0.2, 0.25) is 0 Å². The second-order valence-corrected chi connectivity index (χ2v) is 9.09. The van der Waals surface area contributed by atoms with Gasteiger partial charge in [-0.25, -0.2) is 9.97 Å². The molecule has 2 aromatic carbocycles. The number of piperidine rings is 1. The number of aromatic nitrogens is 2. The van der Waals surface area contributed by atoms with Gasteiger partial charge in [-0.15, -0.1) is 0 Å². The molecular formula is C27H29N3O2. The molecular weight excluding hydrogens is 398 g/mol. The molecule has 3 heterocycles. The third-order valence-corrected chi connectivity index (χ3v) is 6.89. The van der Waals surface area contributed by atoms with Crippen LogP contribution in [-0.2, 0) is 0 Å². The summed E-state index contributed by atoms with van der Waals surface area (Å²) in [5, 5.41) is 0. The van der Waals surface area contributed by atoms with Crippen molar-refractivity contribution in [1.82, 2.24) is 14.9 Å². The molecule has 2 aliphatic heterocycles. The lowest BCUT2D eigenvalue weighted by molar-refractivity contribution is 0.0407. The zero-order valence-electron chi connectivity index (χ0n) is 18.7. The smallest absolute Gasteiger partial charge is 0.255 e. The zero-order chi connectivity index (χ0) is 22.1. The number of hydrogen-bond acceptors (Lipinski definition) is 4. The van der Waals surface area contributed by atoms with E-state index in [0.29, 0.717) is 30.0 Å². The van der Waals surface area contributed by atoms with Gasteiger partial charge in [-0.3, -0.25) is 4.79 Å². The van der Waals surface area contributed by atoms with Gasteiger partial charge in [0.1, 0.15) is 5.75 Å². The topological polar surface area (TPSA) is 55.3 Å². The van der Waals surface area contributed by atoms with Crippen LogP contribution in [0.4, 0.5) is 0 Å². The number of ether oxygens (including phenoxy) is 1. The van der Waals surface area contributed by atoms with Crippen LogP contribution >= 0.6 is 0 Å². The van der Waals surface area contributed by atoms with Gasteiger partial charge in [0.15, 0.2) is 5.82 Å². The van der Waals surface area contributed by atoms with E-state index in [-0.39, 0.29) is 11.9 Å². The standard InChI is InChI=1S/C27H29N3O2/c1-18-4-10-22(11-5-18)32-17-20-7-8-21-9-13-25(20)30(21)27(31)24-16-19(2)6-12-23(24)26-28-14-3-15-29-26/h3-6,10-12,14-16,20-21,25H,7-9,13,17H2,1-2H3/t20?,21-,25?/m1/s1. The van der Waals surface area contributed by atoms with Crippen molar-refractivity contribution in [3.05, 3.63) is 77.6 Å². The molecule has 0 saturated carbocycles. The van der Waals surface area contributed by atoms with E-state index in [2.05, 4.69) is 33.9 Å². The summed E-state index contributed by atoms with van der Waals surface area (Å²) in [6.07, 6.45) is 7.70. The van der Waals surface area contributed by atoms with Gasteiger partial charge in [-0.2, -0.15) is 0 Å². The van der Waals surface area contributed by atoms with E-state index in [4.69, 9.17) is 4.74 Å². The van der Waals surface area contributed by atoms with Crippen LogP contribution < -0.4 is 4.74 Å². The van der Waals surface area contributed by atoms with Crippen molar-refractivity contribution in [3.63, 3.8) is 0 Å². The molecule has 0 radical (unpaired) electrons. The van der Waals surface area contributed by atoms with Crippen molar-refractivity contribution in [1.29, 1.82) is 0 Å². The van der Waals surface area contributed by atoms with Crippen LogP contribution in [0.2, 0.25) is 0 Å². The van der Waals surface area contributed by atoms with Gasteiger partial charge >= 0.3 is 0 Å². The molecule has 3 atom stereocenters. The fraction of sp³-hybridized carbons (Fsp3) is 0.370. The van der Waals surface area contributed by atoms with Crippen LogP contribution in [0.15, 0.2) is 60.9 Å². The van der Waals surface area contributed by atoms with Crippen molar-refractivity contribution in [3.8, 4) is 17.1 Å². The van der Waals surface area contributed by atoms with Crippen molar-refractivity contribution < 1.29 is 9.53 Å². The summed E-state index contributed by atoms with van der Waals surface area (Å²) < 4.78 is 6.14. The first-order chi connectivity index (χ1) is 15.6. The molecule has 3 aromatic rings. The average molecular weight is 428 g/mol. The highest BCUT2D eigenvalue weighted by Gasteiger charge is 2.45. The van der Waals surface area contributed by atoms with Gasteiger partial charge in [0, 0.05) is 36.0 Å². The average Bonchev–Trinajstić information content (AvgIpc) is 3.13. The number of hydrogen-bond donors (Lipinski definition) is 0. The second kappa shape index (κ2) is 8.73. The lowest BCUT2D eigenvalue weighted by atomic mass is 9.89. The van der Waals surface area contributed by atoms with Crippen LogP contribution in [0, 0.1) is 19.8 Å². The Bertz CT molecular complexity index is 1100. The highest BCUT2D eigenvalue weighted by atomic mass is 16.5. The number of aryl methyl sites for hydroxylation is 2. The molecule has 0 N–H and O–H groups in total. The summed E-state index contributed by atoms with van der Waals surface area (Å²) in [7, 11) is 0. The summed E-state index contributed by atoms with van der Waals surface area (Å²) in [5.41, 5.74) is 3.80. The Kier molecular flexibility index (Phi) is 5.64. The highest BCUT2D eigenvalue weighted by molar-refractivity contribution is 6.01. The van der Waals surface area contributed by atoms with Gasteiger partial charge in [-0.05, 0) is 63.8 Å². The van der Waals surface area contributed by atoms with Crippen LogP contribution in [0.25, 0.3) is 11.4 Å². The number of carbonyl (C=O) groups is 1. The maximum absolute atomic E-state index is 13.9. The van der Waals surface area contributed by atoms with Gasteiger partial charge in [-0.1, -0.05) is 35.4 Å². The fourth-order valence-electron chi connectivity index (χ4n) is 5.21. The molecule has 5 heteroatoms. The number of carbonyl (C=O) groups excluding carboxylic acids is 1. The molecule has 2 aliphatic rings. The number of rotatable bonds is 5. The molecule has 0 spiro atoms. The monoisotopic (exact) mass is 427 g/mol. The number of benzene rings is 2. The summed E-state index contributed by atoms with van der Waals surface area (Å²) in [5.74, 6) is 1.94. The predicted octanol–water partition coefficient (Wildman–Crippen LogP) is 5.22. The SMILES string of the molecule is Cc1ccc(OCC2CC[C@@H]3CCC2N3C(=O)c2cc(C)ccc2-c2ncccn2)cc1. The van der Waals surface area contributed by atoms with E-state index >= 15 is 0 Å². The van der Waals surface area contributed by atoms with E-state index in [1.165, 1.54) is 5.56 Å². The van der Waals surface area contributed by atoms with Crippen LogP contribution in [0.3, 0.4) is 0 Å². The largest absolute Gasteiger partial charge is 0.493 e. The Balaban J connectivity index is 1.39. The van der Waals surface area contributed by atoms with Gasteiger partial charge in [0.25, 0.3) is 5.91 Å². The molecule has 1 aromatic heterocycles. The number of fused-ring (bicyclic) bond motifs is 2.